The van der Waals surface area contributed by atoms with Crippen LogP contribution < -0.4 is 20.9 Å². The monoisotopic (exact) mass is 615 g/mol. The van der Waals surface area contributed by atoms with Crippen molar-refractivity contribution in [1.82, 2.24) is 14.6 Å². The number of carbonyl (C=O) groups excluding carboxylic acids is 2. The maximum Gasteiger partial charge on any atom is 0.459 e. The summed E-state index contributed by atoms with van der Waals surface area (Å²) in [7, 11) is -4.21. The van der Waals surface area contributed by atoms with Gasteiger partial charge in [0.25, 0.3) is 5.56 Å². The Morgan fingerprint density at radius 3 is 2.40 bits per heavy atom. The van der Waals surface area contributed by atoms with Crippen LogP contribution >= 0.6 is 7.75 Å². The van der Waals surface area contributed by atoms with E-state index < -0.39 is 55.4 Å². The van der Waals surface area contributed by atoms with Crippen LogP contribution in [-0.4, -0.2) is 46.3 Å². The Balaban J connectivity index is 1.37. The minimum Gasteiger partial charge on any atom is -0.458 e. The number of hydrogen-bond donors (Lipinski definition) is 2. The van der Waals surface area contributed by atoms with Gasteiger partial charge in [-0.1, -0.05) is 55.5 Å². The maximum atomic E-state index is 13.9. The molecule has 1 aromatic heterocycles. The fourth-order valence-corrected chi connectivity index (χ4v) is 5.87. The molecule has 1 aliphatic rings. The van der Waals surface area contributed by atoms with Crippen LogP contribution in [0.25, 0.3) is 0 Å². The summed E-state index contributed by atoms with van der Waals surface area (Å²) >= 11 is 0. The van der Waals surface area contributed by atoms with Crippen LogP contribution in [0.4, 0.5) is 0 Å². The molecule has 0 radical (unpaired) electrons. The maximum absolute atomic E-state index is 13.9. The van der Waals surface area contributed by atoms with Crippen LogP contribution in [0.1, 0.15) is 39.0 Å². The van der Waals surface area contributed by atoms with E-state index in [9.17, 15) is 23.7 Å². The molecule has 1 fully saturated rings. The van der Waals surface area contributed by atoms with Gasteiger partial charge in [0.2, 0.25) is 0 Å². The van der Waals surface area contributed by atoms with Crippen molar-refractivity contribution in [3.8, 4) is 5.75 Å². The zero-order valence-corrected chi connectivity index (χ0v) is 24.8. The molecule has 2 heterocycles. The highest BCUT2D eigenvalue weighted by Crippen LogP contribution is 2.46. The van der Waals surface area contributed by atoms with Crippen molar-refractivity contribution in [2.75, 3.05) is 6.61 Å². The van der Waals surface area contributed by atoms with E-state index >= 15 is 0 Å². The van der Waals surface area contributed by atoms with Crippen LogP contribution in [-0.2, 0) is 39.5 Å². The largest absolute Gasteiger partial charge is 0.459 e. The van der Waals surface area contributed by atoms with Gasteiger partial charge in [0.05, 0.1) is 12.7 Å². The molecule has 0 bridgehead atoms. The Bertz CT molecular complexity index is 1550. The molecule has 0 saturated carbocycles. The predicted molar refractivity (Wildman–Crippen MR) is 154 cm³/mol. The standard InChI is InChI=1S/C29H34N3O10P/c1-19-16-24(41-26(19)32-15-14-25(33)30-29(32)36)18-39-43(37,42-23-12-8-5-9-13-23)31-20(2)27(34)40-21(3)28(35)38-17-22-10-6-4-7-11-22/h4-15,19-21,24,26H,16-18H2,1-3H3,(H,31,37)(H,30,33,36)/t19?,20-,21?,24?,26?,43?/m0/s1. The molecule has 4 rings (SSSR count). The van der Waals surface area contributed by atoms with Gasteiger partial charge in [-0.15, -0.1) is 0 Å². The Kier molecular flexibility index (Phi) is 10.7. The molecule has 14 heteroatoms. The van der Waals surface area contributed by atoms with Crippen LogP contribution in [0.15, 0.2) is 82.5 Å². The molecule has 43 heavy (non-hydrogen) atoms. The molecular weight excluding hydrogens is 581 g/mol. The third-order valence-electron chi connectivity index (χ3n) is 6.53. The Morgan fingerprint density at radius 1 is 1.05 bits per heavy atom. The van der Waals surface area contributed by atoms with Crippen molar-refractivity contribution in [2.45, 2.75) is 58.3 Å². The second-order valence-electron chi connectivity index (χ2n) is 10.1. The Morgan fingerprint density at radius 2 is 1.72 bits per heavy atom. The van der Waals surface area contributed by atoms with E-state index in [1.165, 1.54) is 30.7 Å². The van der Waals surface area contributed by atoms with Crippen LogP contribution in [0.2, 0.25) is 0 Å². The van der Waals surface area contributed by atoms with Crippen molar-refractivity contribution < 1.29 is 37.4 Å². The first-order chi connectivity index (χ1) is 20.5. The molecule has 2 aromatic carbocycles. The average molecular weight is 616 g/mol. The fourth-order valence-electron chi connectivity index (χ4n) is 4.34. The number of carbonyl (C=O) groups is 2. The number of H-pyrrole nitrogens is 1. The van der Waals surface area contributed by atoms with E-state index in [2.05, 4.69) is 10.1 Å². The van der Waals surface area contributed by atoms with E-state index in [4.69, 9.17) is 23.3 Å². The molecule has 1 saturated heterocycles. The number of rotatable bonds is 13. The topological polar surface area (TPSA) is 164 Å². The van der Waals surface area contributed by atoms with E-state index in [0.29, 0.717) is 6.42 Å². The van der Waals surface area contributed by atoms with Crippen LogP contribution in [0, 0.1) is 5.92 Å². The SMILES string of the molecule is CC(OC(=O)[C@H](C)NP(=O)(OCC1CC(C)C(n2ccc(=O)[nH]c2=O)O1)Oc1ccccc1)C(=O)OCc1ccccc1. The van der Waals surface area contributed by atoms with Crippen molar-refractivity contribution in [2.24, 2.45) is 5.92 Å². The van der Waals surface area contributed by atoms with Gasteiger partial charge < -0.3 is 18.7 Å². The van der Waals surface area contributed by atoms with Crippen molar-refractivity contribution in [3.63, 3.8) is 0 Å². The molecule has 230 valence electrons. The van der Waals surface area contributed by atoms with E-state index in [1.807, 2.05) is 25.1 Å². The molecule has 5 unspecified atom stereocenters. The van der Waals surface area contributed by atoms with Gasteiger partial charge in [-0.05, 0) is 38.0 Å². The minimum atomic E-state index is -4.21. The number of hydrogen-bond acceptors (Lipinski definition) is 10. The quantitative estimate of drug-likeness (QED) is 0.214. The smallest absolute Gasteiger partial charge is 0.458 e. The third kappa shape index (κ3) is 8.98. The van der Waals surface area contributed by atoms with Crippen LogP contribution in [0.5, 0.6) is 5.75 Å². The van der Waals surface area contributed by atoms with Gasteiger partial charge in [0.15, 0.2) is 6.10 Å². The number of aromatic amines is 1. The highest BCUT2D eigenvalue weighted by Gasteiger charge is 2.38. The lowest BCUT2D eigenvalue weighted by Gasteiger charge is -2.24. The number of nitrogens with zero attached hydrogens (tertiary/aromatic N) is 1. The average Bonchev–Trinajstić information content (AvgIpc) is 3.35. The summed E-state index contributed by atoms with van der Waals surface area (Å²) in [6, 6.07) is 17.3. The van der Waals surface area contributed by atoms with Gasteiger partial charge >= 0.3 is 25.4 Å². The van der Waals surface area contributed by atoms with Gasteiger partial charge in [-0.25, -0.2) is 14.2 Å². The molecular formula is C29H34N3O10P. The number of benzene rings is 2. The number of esters is 2. The number of aromatic nitrogens is 2. The molecule has 2 N–H and O–H groups in total. The molecule has 0 aliphatic carbocycles. The summed E-state index contributed by atoms with van der Waals surface area (Å²) in [6.07, 6.45) is -0.700. The first-order valence-corrected chi connectivity index (χ1v) is 15.2. The van der Waals surface area contributed by atoms with E-state index in [-0.39, 0.29) is 24.9 Å². The van der Waals surface area contributed by atoms with Gasteiger partial charge in [0.1, 0.15) is 24.6 Å². The lowest BCUT2D eigenvalue weighted by molar-refractivity contribution is -0.168. The number of para-hydroxylation sites is 1. The number of nitrogens with one attached hydrogen (secondary N) is 2. The first kappa shape index (κ1) is 31.9. The van der Waals surface area contributed by atoms with Crippen molar-refractivity contribution >= 4 is 19.7 Å². The van der Waals surface area contributed by atoms with Crippen LogP contribution in [0.3, 0.4) is 0 Å². The predicted octanol–water partition coefficient (Wildman–Crippen LogP) is 3.32. The summed E-state index contributed by atoms with van der Waals surface area (Å²) in [5.41, 5.74) is -0.363. The summed E-state index contributed by atoms with van der Waals surface area (Å²) < 4.78 is 42.9. The van der Waals surface area contributed by atoms with Gasteiger partial charge in [-0.3, -0.25) is 23.7 Å². The van der Waals surface area contributed by atoms with Crippen molar-refractivity contribution in [3.05, 3.63) is 99.3 Å². The number of ether oxygens (including phenoxy) is 3. The third-order valence-corrected chi connectivity index (χ3v) is 8.18. The molecule has 6 atom stereocenters. The molecule has 13 nitrogen and oxygen atoms in total. The van der Waals surface area contributed by atoms with Crippen molar-refractivity contribution in [1.29, 1.82) is 0 Å². The lowest BCUT2D eigenvalue weighted by Crippen LogP contribution is -2.38. The lowest BCUT2D eigenvalue weighted by atomic mass is 10.1. The second kappa shape index (κ2) is 14.4. The Labute approximate surface area is 247 Å². The summed E-state index contributed by atoms with van der Waals surface area (Å²) in [5.74, 6) is -1.55. The summed E-state index contributed by atoms with van der Waals surface area (Å²) in [6.45, 7) is 4.44. The zero-order chi connectivity index (χ0) is 31.0. The Hall–Kier alpha value is -4.03. The molecule has 1 aliphatic heterocycles. The fraction of sp³-hybridized carbons (Fsp3) is 0.379. The summed E-state index contributed by atoms with van der Waals surface area (Å²) in [4.78, 5) is 51.1. The minimum absolute atomic E-state index is 0.0167. The van der Waals surface area contributed by atoms with Gasteiger partial charge in [0, 0.05) is 18.2 Å². The van der Waals surface area contributed by atoms with E-state index in [1.54, 1.807) is 42.5 Å². The molecule has 3 aromatic rings. The highest BCUT2D eigenvalue weighted by atomic mass is 31.2. The van der Waals surface area contributed by atoms with E-state index in [0.717, 1.165) is 5.56 Å². The molecule has 0 amide bonds. The summed E-state index contributed by atoms with van der Waals surface area (Å²) in [5, 5.41) is 2.57. The van der Waals surface area contributed by atoms with Gasteiger partial charge in [-0.2, -0.15) is 5.09 Å². The molecule has 0 spiro atoms. The second-order valence-corrected chi connectivity index (χ2v) is 11.8. The normalized spacial score (nSPS) is 20.9. The first-order valence-electron chi connectivity index (χ1n) is 13.7. The zero-order valence-electron chi connectivity index (χ0n) is 23.9. The highest BCUT2D eigenvalue weighted by molar-refractivity contribution is 7.52.